The van der Waals surface area contributed by atoms with Crippen molar-refractivity contribution in [2.24, 2.45) is 5.92 Å². The van der Waals surface area contributed by atoms with Gasteiger partial charge in [0.25, 0.3) is 0 Å². The van der Waals surface area contributed by atoms with Crippen molar-refractivity contribution in [1.82, 2.24) is 15.0 Å². The van der Waals surface area contributed by atoms with E-state index in [1.54, 1.807) is 4.90 Å². The van der Waals surface area contributed by atoms with Crippen molar-refractivity contribution >= 4 is 12.1 Å². The van der Waals surface area contributed by atoms with Gasteiger partial charge in [-0.15, -0.1) is 0 Å². The normalized spacial score (nSPS) is 20.7. The number of carbonyl (C=O) groups is 2. The molecule has 2 fully saturated rings. The third kappa shape index (κ3) is 9.07. The van der Waals surface area contributed by atoms with Gasteiger partial charge in [-0.05, 0) is 73.1 Å². The van der Waals surface area contributed by atoms with Crippen molar-refractivity contribution < 1.29 is 23.6 Å². The maximum absolute atomic E-state index is 12.9. The van der Waals surface area contributed by atoms with E-state index < -0.39 is 11.2 Å². The molecule has 1 aromatic heterocycles. The fraction of sp³-hybridized carbons (Fsp3) is 0.857. The van der Waals surface area contributed by atoms with Crippen molar-refractivity contribution in [2.45, 2.75) is 142 Å². The molecule has 0 aromatic carbocycles. The molecule has 36 heavy (non-hydrogen) atoms. The Morgan fingerprint density at radius 2 is 1.64 bits per heavy atom. The van der Waals surface area contributed by atoms with Crippen molar-refractivity contribution in [3.8, 4) is 0 Å². The third-order valence-corrected chi connectivity index (χ3v) is 6.96. The second-order valence-corrected chi connectivity index (χ2v) is 12.6. The molecule has 2 heterocycles. The Labute approximate surface area is 216 Å². The summed E-state index contributed by atoms with van der Waals surface area (Å²) >= 11 is 0. The molecule has 8 nitrogen and oxygen atoms in total. The van der Waals surface area contributed by atoms with Gasteiger partial charge in [0, 0.05) is 12.5 Å². The van der Waals surface area contributed by atoms with Gasteiger partial charge in [-0.25, -0.2) is 4.79 Å². The smallest absolute Gasteiger partial charge is 0.410 e. The molecule has 1 aliphatic carbocycles. The molecule has 0 N–H and O–H groups in total. The molecule has 0 radical (unpaired) electrons. The van der Waals surface area contributed by atoms with Crippen LogP contribution < -0.4 is 0 Å². The summed E-state index contributed by atoms with van der Waals surface area (Å²) < 4.78 is 17.0. The van der Waals surface area contributed by atoms with Crippen LogP contribution in [-0.4, -0.2) is 44.8 Å². The average molecular weight is 506 g/mol. The second kappa shape index (κ2) is 12.4. The van der Waals surface area contributed by atoms with Gasteiger partial charge >= 0.3 is 12.1 Å². The highest BCUT2D eigenvalue weighted by molar-refractivity contribution is 5.71. The molecule has 1 unspecified atom stereocenters. The zero-order chi connectivity index (χ0) is 26.3. The first kappa shape index (κ1) is 28.5. The van der Waals surface area contributed by atoms with Crippen LogP contribution in [0.3, 0.4) is 0 Å². The van der Waals surface area contributed by atoms with E-state index >= 15 is 0 Å². The Morgan fingerprint density at radius 3 is 2.31 bits per heavy atom. The highest BCUT2D eigenvalue weighted by Gasteiger charge is 2.35. The summed E-state index contributed by atoms with van der Waals surface area (Å²) in [5.41, 5.74) is -1.11. The monoisotopic (exact) mass is 505 g/mol. The number of nitrogens with zero attached hydrogens (tertiary/aromatic N) is 3. The molecule has 0 spiro atoms. The minimum atomic E-state index is -0.571. The van der Waals surface area contributed by atoms with Crippen LogP contribution in [0.2, 0.25) is 0 Å². The first-order chi connectivity index (χ1) is 16.9. The van der Waals surface area contributed by atoms with E-state index in [1.807, 2.05) is 41.5 Å². The molecule has 3 rings (SSSR count). The van der Waals surface area contributed by atoms with Crippen LogP contribution in [0.1, 0.15) is 142 Å². The van der Waals surface area contributed by atoms with Gasteiger partial charge in [0.1, 0.15) is 11.2 Å². The van der Waals surface area contributed by atoms with Gasteiger partial charge in [-0.1, -0.05) is 50.1 Å². The molecule has 2 aliphatic rings. The van der Waals surface area contributed by atoms with Crippen molar-refractivity contribution in [2.75, 3.05) is 6.54 Å². The Hall–Kier alpha value is -2.12. The lowest BCUT2D eigenvalue weighted by molar-refractivity contribution is -0.155. The van der Waals surface area contributed by atoms with Crippen LogP contribution in [0.15, 0.2) is 4.52 Å². The van der Waals surface area contributed by atoms with Gasteiger partial charge in [-0.3, -0.25) is 9.69 Å². The van der Waals surface area contributed by atoms with Crippen molar-refractivity contribution in [3.05, 3.63) is 11.7 Å². The number of carbonyl (C=O) groups excluding carboxylic acids is 2. The van der Waals surface area contributed by atoms with Crippen LogP contribution in [0, 0.1) is 5.92 Å². The number of amides is 1. The maximum Gasteiger partial charge on any atom is 0.410 e. The number of esters is 1. The molecule has 2 atom stereocenters. The summed E-state index contributed by atoms with van der Waals surface area (Å²) in [6.07, 6.45) is 12.1. The topological polar surface area (TPSA) is 94.8 Å². The summed E-state index contributed by atoms with van der Waals surface area (Å²) in [5, 5.41) is 4.28. The van der Waals surface area contributed by atoms with Crippen molar-refractivity contribution in [3.63, 3.8) is 0 Å². The van der Waals surface area contributed by atoms with Crippen LogP contribution in [-0.2, 0) is 14.3 Å². The summed E-state index contributed by atoms with van der Waals surface area (Å²) in [6, 6.07) is -0.282. The fourth-order valence-electron chi connectivity index (χ4n) is 5.31. The Bertz CT molecular complexity index is 848. The minimum Gasteiger partial charge on any atom is -0.460 e. The van der Waals surface area contributed by atoms with Gasteiger partial charge in [-0.2, -0.15) is 4.98 Å². The molecule has 1 aromatic rings. The van der Waals surface area contributed by atoms with Gasteiger partial charge < -0.3 is 14.0 Å². The lowest BCUT2D eigenvalue weighted by Crippen LogP contribution is -2.42. The van der Waals surface area contributed by atoms with Crippen LogP contribution in [0.5, 0.6) is 0 Å². The van der Waals surface area contributed by atoms with E-state index in [0.717, 1.165) is 38.0 Å². The largest absolute Gasteiger partial charge is 0.460 e. The Balaban J connectivity index is 1.71. The first-order valence-electron chi connectivity index (χ1n) is 14.0. The number of hydrogen-bond acceptors (Lipinski definition) is 7. The van der Waals surface area contributed by atoms with E-state index in [-0.39, 0.29) is 30.4 Å². The highest BCUT2D eigenvalue weighted by atomic mass is 16.6. The fourth-order valence-corrected chi connectivity index (χ4v) is 5.31. The Morgan fingerprint density at radius 1 is 0.972 bits per heavy atom. The molecule has 0 bridgehead atoms. The van der Waals surface area contributed by atoms with E-state index in [4.69, 9.17) is 19.0 Å². The van der Waals surface area contributed by atoms with Crippen LogP contribution in [0.4, 0.5) is 4.79 Å². The van der Waals surface area contributed by atoms with Crippen molar-refractivity contribution in [1.29, 1.82) is 0 Å². The van der Waals surface area contributed by atoms with E-state index in [1.165, 1.54) is 38.5 Å². The summed E-state index contributed by atoms with van der Waals surface area (Å²) in [5.74, 6) is 1.30. The minimum absolute atomic E-state index is 0.191. The van der Waals surface area contributed by atoms with Gasteiger partial charge in [0.15, 0.2) is 5.82 Å². The number of ether oxygens (including phenoxy) is 2. The molecule has 1 aliphatic heterocycles. The molecular weight excluding hydrogens is 458 g/mol. The highest BCUT2D eigenvalue weighted by Crippen LogP contribution is 2.34. The SMILES string of the molecule is CC(C)(C)OC(=O)C[C@@H](CCCC1CCCCC1)c1nc(C2CCCCN2C(=O)OC(C)(C)C)no1. The number of likely N-dealkylation sites (tertiary alicyclic amines) is 1. The molecular formula is C28H47N3O5. The number of aromatic nitrogens is 2. The Kier molecular flexibility index (Phi) is 9.81. The quantitative estimate of drug-likeness (QED) is 0.348. The summed E-state index contributed by atoms with van der Waals surface area (Å²) in [6.45, 7) is 11.8. The summed E-state index contributed by atoms with van der Waals surface area (Å²) in [7, 11) is 0. The van der Waals surface area contributed by atoms with Gasteiger partial charge in [0.2, 0.25) is 5.89 Å². The first-order valence-corrected chi connectivity index (χ1v) is 14.0. The van der Waals surface area contributed by atoms with Crippen LogP contribution in [0.25, 0.3) is 0 Å². The second-order valence-electron chi connectivity index (χ2n) is 12.6. The number of hydrogen-bond donors (Lipinski definition) is 0. The zero-order valence-corrected chi connectivity index (χ0v) is 23.3. The molecule has 1 amide bonds. The van der Waals surface area contributed by atoms with E-state index in [0.29, 0.717) is 18.3 Å². The van der Waals surface area contributed by atoms with E-state index in [2.05, 4.69) is 5.16 Å². The average Bonchev–Trinajstić information content (AvgIpc) is 3.27. The predicted octanol–water partition coefficient (Wildman–Crippen LogP) is 7.10. The lowest BCUT2D eigenvalue weighted by atomic mass is 9.84. The zero-order valence-electron chi connectivity index (χ0n) is 23.3. The van der Waals surface area contributed by atoms with E-state index in [9.17, 15) is 9.59 Å². The predicted molar refractivity (Wildman–Crippen MR) is 137 cm³/mol. The molecule has 8 heteroatoms. The lowest BCUT2D eigenvalue weighted by Gasteiger charge is -2.35. The third-order valence-electron chi connectivity index (χ3n) is 6.96. The number of rotatable bonds is 8. The van der Waals surface area contributed by atoms with Gasteiger partial charge in [0.05, 0.1) is 12.5 Å². The molecule has 204 valence electrons. The molecule has 1 saturated heterocycles. The number of piperidine rings is 1. The molecule has 1 saturated carbocycles. The summed E-state index contributed by atoms with van der Waals surface area (Å²) in [4.78, 5) is 32.0. The maximum atomic E-state index is 12.9. The van der Waals surface area contributed by atoms with Crippen LogP contribution >= 0.6 is 0 Å². The standard InChI is InChI=1S/C28H47N3O5/c1-27(2,3)34-23(32)19-21(16-12-15-20-13-8-7-9-14-20)25-29-24(30-36-25)22-17-10-11-18-31(22)26(33)35-28(4,5)6/h20-22H,7-19H2,1-6H3/t21-,22?/m1/s1.